The Morgan fingerprint density at radius 2 is 1.71 bits per heavy atom. The first kappa shape index (κ1) is 19.4. The highest BCUT2D eigenvalue weighted by molar-refractivity contribution is 5.76. The fourth-order valence-electron chi connectivity index (χ4n) is 4.39. The van der Waals surface area contributed by atoms with Crippen LogP contribution in [0, 0.1) is 13.8 Å². The molecule has 4 aromatic rings. The summed E-state index contributed by atoms with van der Waals surface area (Å²) in [6, 6.07) is 16.8. The van der Waals surface area contributed by atoms with Crippen LogP contribution in [0.25, 0.3) is 16.8 Å². The van der Waals surface area contributed by atoms with Gasteiger partial charge in [-0.2, -0.15) is 5.10 Å². The third-order valence-corrected chi connectivity index (χ3v) is 6.01. The maximum absolute atomic E-state index is 5.37. The molecule has 0 unspecified atom stereocenters. The number of piperazine rings is 1. The number of hydrogen-bond acceptors (Lipinski definition) is 5. The van der Waals surface area contributed by atoms with E-state index >= 15 is 0 Å². The summed E-state index contributed by atoms with van der Waals surface area (Å²) in [6.45, 7) is 8.15. The summed E-state index contributed by atoms with van der Waals surface area (Å²) in [5.41, 5.74) is 6.97. The highest BCUT2D eigenvalue weighted by Gasteiger charge is 2.22. The lowest BCUT2D eigenvalue weighted by Crippen LogP contribution is -2.47. The molecule has 0 radical (unpaired) electrons. The third kappa shape index (κ3) is 3.69. The van der Waals surface area contributed by atoms with Crippen LogP contribution in [0.5, 0.6) is 5.75 Å². The number of methoxy groups -OCH3 is 1. The van der Waals surface area contributed by atoms with Gasteiger partial charge in [-0.1, -0.05) is 29.8 Å². The third-order valence-electron chi connectivity index (χ3n) is 6.01. The SMILES string of the molecule is COc1cccc(-c2cc3c(N4CCN(c5ccc(C)cc5C)CC4)nccn3n2)c1. The van der Waals surface area contributed by atoms with Gasteiger partial charge in [0.2, 0.25) is 0 Å². The number of fused-ring (bicyclic) bond motifs is 1. The van der Waals surface area contributed by atoms with Gasteiger partial charge in [-0.25, -0.2) is 9.50 Å². The molecule has 5 rings (SSSR count). The molecule has 6 heteroatoms. The number of aromatic nitrogens is 3. The zero-order chi connectivity index (χ0) is 21.4. The smallest absolute Gasteiger partial charge is 0.154 e. The van der Waals surface area contributed by atoms with E-state index in [9.17, 15) is 0 Å². The van der Waals surface area contributed by atoms with Gasteiger partial charge >= 0.3 is 0 Å². The van der Waals surface area contributed by atoms with Crippen molar-refractivity contribution in [3.8, 4) is 17.0 Å². The zero-order valence-electron chi connectivity index (χ0n) is 18.2. The Kier molecular flexibility index (Phi) is 4.98. The molecule has 6 nitrogen and oxygen atoms in total. The molecule has 2 aromatic carbocycles. The number of benzene rings is 2. The van der Waals surface area contributed by atoms with E-state index in [2.05, 4.69) is 54.0 Å². The monoisotopic (exact) mass is 413 g/mol. The van der Waals surface area contributed by atoms with E-state index in [4.69, 9.17) is 14.8 Å². The highest BCUT2D eigenvalue weighted by atomic mass is 16.5. The molecular formula is C25H27N5O. The van der Waals surface area contributed by atoms with Gasteiger partial charge in [0.25, 0.3) is 0 Å². The van der Waals surface area contributed by atoms with Crippen LogP contribution in [-0.2, 0) is 0 Å². The summed E-state index contributed by atoms with van der Waals surface area (Å²) in [4.78, 5) is 9.56. The van der Waals surface area contributed by atoms with Crippen LogP contribution in [0.2, 0.25) is 0 Å². The number of ether oxygens (including phenoxy) is 1. The van der Waals surface area contributed by atoms with Crippen LogP contribution in [0.3, 0.4) is 0 Å². The molecule has 3 heterocycles. The van der Waals surface area contributed by atoms with Gasteiger partial charge in [-0.05, 0) is 43.7 Å². The molecule has 0 spiro atoms. The van der Waals surface area contributed by atoms with Crippen LogP contribution in [0.1, 0.15) is 11.1 Å². The second-order valence-corrected chi connectivity index (χ2v) is 8.11. The molecule has 0 aliphatic carbocycles. The maximum atomic E-state index is 5.37. The van der Waals surface area contributed by atoms with Crippen molar-refractivity contribution >= 4 is 17.0 Å². The summed E-state index contributed by atoms with van der Waals surface area (Å²) < 4.78 is 7.30. The summed E-state index contributed by atoms with van der Waals surface area (Å²) >= 11 is 0. The number of rotatable bonds is 4. The van der Waals surface area contributed by atoms with Crippen LogP contribution in [-0.4, -0.2) is 47.9 Å². The zero-order valence-corrected chi connectivity index (χ0v) is 18.2. The van der Waals surface area contributed by atoms with Crippen molar-refractivity contribution in [2.24, 2.45) is 0 Å². The molecule has 0 amide bonds. The van der Waals surface area contributed by atoms with E-state index < -0.39 is 0 Å². The Labute approximate surface area is 182 Å². The summed E-state index contributed by atoms with van der Waals surface area (Å²) in [7, 11) is 1.68. The summed E-state index contributed by atoms with van der Waals surface area (Å²) in [5, 5.41) is 4.78. The lowest BCUT2D eigenvalue weighted by Gasteiger charge is -2.37. The van der Waals surface area contributed by atoms with Crippen LogP contribution >= 0.6 is 0 Å². The Balaban J connectivity index is 1.40. The topological polar surface area (TPSA) is 45.9 Å². The predicted octanol–water partition coefficient (Wildman–Crippen LogP) is 4.35. The molecule has 2 aromatic heterocycles. The van der Waals surface area contributed by atoms with Gasteiger partial charge in [0.15, 0.2) is 5.82 Å². The second kappa shape index (κ2) is 7.95. The maximum Gasteiger partial charge on any atom is 0.154 e. The molecule has 1 aliphatic rings. The largest absolute Gasteiger partial charge is 0.497 e. The first-order valence-corrected chi connectivity index (χ1v) is 10.7. The minimum atomic E-state index is 0.829. The number of aryl methyl sites for hydroxylation is 2. The minimum Gasteiger partial charge on any atom is -0.497 e. The van der Waals surface area contributed by atoms with Crippen molar-refractivity contribution in [1.82, 2.24) is 14.6 Å². The number of anilines is 2. The van der Waals surface area contributed by atoms with Gasteiger partial charge in [-0.3, -0.25) is 0 Å². The summed E-state index contributed by atoms with van der Waals surface area (Å²) in [5.74, 6) is 1.82. The molecule has 1 fully saturated rings. The molecule has 0 atom stereocenters. The van der Waals surface area contributed by atoms with Crippen molar-refractivity contribution in [2.45, 2.75) is 13.8 Å². The highest BCUT2D eigenvalue weighted by Crippen LogP contribution is 2.29. The minimum absolute atomic E-state index is 0.829. The van der Waals surface area contributed by atoms with Crippen LogP contribution in [0.15, 0.2) is 60.9 Å². The molecule has 1 aliphatic heterocycles. The molecule has 0 bridgehead atoms. The lowest BCUT2D eigenvalue weighted by molar-refractivity contribution is 0.415. The van der Waals surface area contributed by atoms with E-state index in [1.165, 1.54) is 16.8 Å². The van der Waals surface area contributed by atoms with E-state index in [1.807, 2.05) is 35.1 Å². The lowest BCUT2D eigenvalue weighted by atomic mass is 10.1. The first-order chi connectivity index (χ1) is 15.1. The van der Waals surface area contributed by atoms with Crippen molar-refractivity contribution in [3.63, 3.8) is 0 Å². The van der Waals surface area contributed by atoms with Gasteiger partial charge in [-0.15, -0.1) is 0 Å². The predicted molar refractivity (Wildman–Crippen MR) is 125 cm³/mol. The fraction of sp³-hybridized carbons (Fsp3) is 0.280. The molecule has 0 saturated carbocycles. The normalized spacial score (nSPS) is 14.3. The number of nitrogens with zero attached hydrogens (tertiary/aromatic N) is 5. The van der Waals surface area contributed by atoms with Gasteiger partial charge in [0, 0.05) is 49.8 Å². The molecular weight excluding hydrogens is 386 g/mol. The Morgan fingerprint density at radius 3 is 2.48 bits per heavy atom. The van der Waals surface area contributed by atoms with E-state index in [0.29, 0.717) is 0 Å². The Hall–Kier alpha value is -3.54. The van der Waals surface area contributed by atoms with E-state index in [-0.39, 0.29) is 0 Å². The Bertz CT molecular complexity index is 1220. The average Bonchev–Trinajstić information content (AvgIpc) is 3.24. The molecule has 0 N–H and O–H groups in total. The van der Waals surface area contributed by atoms with Crippen molar-refractivity contribution in [3.05, 3.63) is 72.1 Å². The number of hydrogen-bond donors (Lipinski definition) is 0. The van der Waals surface area contributed by atoms with Gasteiger partial charge < -0.3 is 14.5 Å². The average molecular weight is 414 g/mol. The van der Waals surface area contributed by atoms with Gasteiger partial charge in [0.1, 0.15) is 11.3 Å². The second-order valence-electron chi connectivity index (χ2n) is 8.11. The summed E-state index contributed by atoms with van der Waals surface area (Å²) in [6.07, 6.45) is 3.75. The standard InChI is InChI=1S/C25H27N5O/c1-18-7-8-23(19(2)15-18)28-11-13-29(14-12-28)25-24-17-22(27-30(24)10-9-26-25)20-5-4-6-21(16-20)31-3/h4-10,15-17H,11-14H2,1-3H3. The van der Waals surface area contributed by atoms with Crippen molar-refractivity contribution in [1.29, 1.82) is 0 Å². The van der Waals surface area contributed by atoms with E-state index in [1.54, 1.807) is 7.11 Å². The Morgan fingerprint density at radius 1 is 0.903 bits per heavy atom. The molecule has 31 heavy (non-hydrogen) atoms. The molecule has 1 saturated heterocycles. The van der Waals surface area contributed by atoms with Crippen molar-refractivity contribution in [2.75, 3.05) is 43.1 Å². The van der Waals surface area contributed by atoms with Crippen LogP contribution < -0.4 is 14.5 Å². The van der Waals surface area contributed by atoms with Gasteiger partial charge in [0.05, 0.1) is 12.8 Å². The molecule has 158 valence electrons. The van der Waals surface area contributed by atoms with Crippen molar-refractivity contribution < 1.29 is 4.74 Å². The first-order valence-electron chi connectivity index (χ1n) is 10.7. The quantitative estimate of drug-likeness (QED) is 0.498. The van der Waals surface area contributed by atoms with Crippen LogP contribution in [0.4, 0.5) is 11.5 Å². The van der Waals surface area contributed by atoms with E-state index in [0.717, 1.165) is 54.5 Å². The fourth-order valence-corrected chi connectivity index (χ4v) is 4.39.